The Labute approximate surface area is 83.3 Å². The first kappa shape index (κ1) is 10.7. The van der Waals surface area contributed by atoms with Gasteiger partial charge in [0.15, 0.2) is 0 Å². The normalized spacial score (nSPS) is 12.6. The molecule has 0 aliphatic rings. The lowest BCUT2D eigenvalue weighted by Gasteiger charge is -2.09. The van der Waals surface area contributed by atoms with E-state index in [0.717, 1.165) is 5.69 Å². The Morgan fingerprint density at radius 2 is 2.43 bits per heavy atom. The average Bonchev–Trinajstić information content (AvgIpc) is 2.44. The summed E-state index contributed by atoms with van der Waals surface area (Å²) in [6.07, 6.45) is 0.628. The molecule has 0 bridgehead atoms. The Morgan fingerprint density at radius 3 is 2.86 bits per heavy atom. The number of aromatic nitrogens is 2. The van der Waals surface area contributed by atoms with Gasteiger partial charge < -0.3 is 11.1 Å². The summed E-state index contributed by atoms with van der Waals surface area (Å²) < 4.78 is 1.62. The Hall–Kier alpha value is -1.36. The average molecular weight is 196 g/mol. The summed E-state index contributed by atoms with van der Waals surface area (Å²) in [5.41, 5.74) is 6.45. The number of aryl methyl sites for hydroxylation is 2. The summed E-state index contributed by atoms with van der Waals surface area (Å²) in [5.74, 6) is 0.506. The van der Waals surface area contributed by atoms with Crippen LogP contribution in [0.3, 0.4) is 0 Å². The van der Waals surface area contributed by atoms with E-state index in [1.807, 2.05) is 13.8 Å². The Morgan fingerprint density at radius 1 is 1.79 bits per heavy atom. The molecule has 5 heteroatoms. The van der Waals surface area contributed by atoms with Crippen molar-refractivity contribution in [2.75, 3.05) is 5.32 Å². The number of nitrogens with two attached hydrogens (primary N) is 1. The SMILES string of the molecule is CCC(N)C(=O)Nc1cc(C)nn1C. The van der Waals surface area contributed by atoms with E-state index in [1.165, 1.54) is 0 Å². The Bertz CT molecular complexity index is 332. The second-order valence-corrected chi connectivity index (χ2v) is 3.30. The summed E-state index contributed by atoms with van der Waals surface area (Å²) in [6.45, 7) is 3.74. The summed E-state index contributed by atoms with van der Waals surface area (Å²) in [5, 5.41) is 6.83. The highest BCUT2D eigenvalue weighted by Crippen LogP contribution is 2.08. The highest BCUT2D eigenvalue weighted by Gasteiger charge is 2.12. The van der Waals surface area contributed by atoms with E-state index in [1.54, 1.807) is 17.8 Å². The highest BCUT2D eigenvalue weighted by molar-refractivity contribution is 5.93. The molecule has 3 N–H and O–H groups in total. The van der Waals surface area contributed by atoms with Gasteiger partial charge in [0, 0.05) is 13.1 Å². The van der Waals surface area contributed by atoms with Gasteiger partial charge in [0.2, 0.25) is 5.91 Å². The van der Waals surface area contributed by atoms with Crippen LogP contribution < -0.4 is 11.1 Å². The molecule has 5 nitrogen and oxygen atoms in total. The van der Waals surface area contributed by atoms with Crippen molar-refractivity contribution in [3.8, 4) is 0 Å². The number of nitrogens with one attached hydrogen (secondary N) is 1. The fourth-order valence-corrected chi connectivity index (χ4v) is 1.13. The first-order valence-corrected chi connectivity index (χ1v) is 4.61. The predicted molar refractivity (Wildman–Crippen MR) is 54.8 cm³/mol. The number of nitrogens with zero attached hydrogens (tertiary/aromatic N) is 2. The van der Waals surface area contributed by atoms with Crippen molar-refractivity contribution >= 4 is 11.7 Å². The molecule has 0 aliphatic carbocycles. The molecule has 1 heterocycles. The lowest BCUT2D eigenvalue weighted by atomic mass is 10.2. The lowest BCUT2D eigenvalue weighted by molar-refractivity contribution is -0.117. The number of carbonyl (C=O) groups excluding carboxylic acids is 1. The third-order valence-corrected chi connectivity index (χ3v) is 2.03. The minimum Gasteiger partial charge on any atom is -0.320 e. The van der Waals surface area contributed by atoms with Gasteiger partial charge in [-0.05, 0) is 13.3 Å². The van der Waals surface area contributed by atoms with Crippen molar-refractivity contribution in [3.05, 3.63) is 11.8 Å². The molecule has 1 rings (SSSR count). The molecule has 1 amide bonds. The van der Waals surface area contributed by atoms with E-state index in [9.17, 15) is 4.79 Å². The van der Waals surface area contributed by atoms with Gasteiger partial charge in [0.1, 0.15) is 5.82 Å². The second-order valence-electron chi connectivity index (χ2n) is 3.30. The van der Waals surface area contributed by atoms with E-state index in [0.29, 0.717) is 12.2 Å². The first-order valence-electron chi connectivity index (χ1n) is 4.61. The highest BCUT2D eigenvalue weighted by atomic mass is 16.2. The predicted octanol–water partition coefficient (Wildman–Crippen LogP) is 0.404. The van der Waals surface area contributed by atoms with Gasteiger partial charge in [-0.3, -0.25) is 9.48 Å². The lowest BCUT2D eigenvalue weighted by Crippen LogP contribution is -2.35. The quantitative estimate of drug-likeness (QED) is 0.735. The monoisotopic (exact) mass is 196 g/mol. The molecular weight excluding hydrogens is 180 g/mol. The molecule has 0 spiro atoms. The first-order chi connectivity index (χ1) is 6.54. The molecule has 0 saturated heterocycles. The van der Waals surface area contributed by atoms with Crippen molar-refractivity contribution in [1.82, 2.24) is 9.78 Å². The van der Waals surface area contributed by atoms with Crippen LogP contribution in [-0.4, -0.2) is 21.7 Å². The summed E-state index contributed by atoms with van der Waals surface area (Å²) in [7, 11) is 1.78. The van der Waals surface area contributed by atoms with Gasteiger partial charge in [-0.2, -0.15) is 5.10 Å². The van der Waals surface area contributed by atoms with Gasteiger partial charge in [0.05, 0.1) is 11.7 Å². The number of rotatable bonds is 3. The van der Waals surface area contributed by atoms with E-state index >= 15 is 0 Å². The number of hydrogen-bond acceptors (Lipinski definition) is 3. The van der Waals surface area contributed by atoms with E-state index < -0.39 is 6.04 Å². The van der Waals surface area contributed by atoms with Crippen LogP contribution in [0.1, 0.15) is 19.0 Å². The van der Waals surface area contributed by atoms with E-state index in [4.69, 9.17) is 5.73 Å². The summed E-state index contributed by atoms with van der Waals surface area (Å²) in [6, 6.07) is 1.35. The summed E-state index contributed by atoms with van der Waals surface area (Å²) >= 11 is 0. The van der Waals surface area contributed by atoms with Gasteiger partial charge in [-0.15, -0.1) is 0 Å². The van der Waals surface area contributed by atoms with Gasteiger partial charge >= 0.3 is 0 Å². The van der Waals surface area contributed by atoms with Crippen molar-refractivity contribution < 1.29 is 4.79 Å². The van der Waals surface area contributed by atoms with Gasteiger partial charge in [-0.1, -0.05) is 6.92 Å². The second kappa shape index (κ2) is 4.23. The minimum atomic E-state index is -0.454. The number of amides is 1. The number of carbonyl (C=O) groups is 1. The fourth-order valence-electron chi connectivity index (χ4n) is 1.13. The molecule has 1 aromatic rings. The van der Waals surface area contributed by atoms with Gasteiger partial charge in [-0.25, -0.2) is 0 Å². The molecule has 78 valence electrons. The van der Waals surface area contributed by atoms with Crippen LogP contribution in [0.25, 0.3) is 0 Å². The zero-order valence-corrected chi connectivity index (χ0v) is 8.74. The molecule has 0 aromatic carbocycles. The molecular formula is C9H16N4O. The number of hydrogen-bond donors (Lipinski definition) is 2. The van der Waals surface area contributed by atoms with Crippen LogP contribution in [0.15, 0.2) is 6.07 Å². The third kappa shape index (κ3) is 2.32. The molecule has 0 radical (unpaired) electrons. The molecule has 14 heavy (non-hydrogen) atoms. The standard InChI is InChI=1S/C9H16N4O/c1-4-7(10)9(14)11-8-5-6(2)12-13(8)3/h5,7H,4,10H2,1-3H3,(H,11,14). The van der Waals surface area contributed by atoms with Crippen molar-refractivity contribution in [2.45, 2.75) is 26.3 Å². The van der Waals surface area contributed by atoms with Crippen LogP contribution in [0.4, 0.5) is 5.82 Å². The molecule has 0 saturated carbocycles. The van der Waals surface area contributed by atoms with Crippen molar-refractivity contribution in [2.24, 2.45) is 12.8 Å². The molecule has 0 fully saturated rings. The zero-order chi connectivity index (χ0) is 10.7. The smallest absolute Gasteiger partial charge is 0.242 e. The van der Waals surface area contributed by atoms with Gasteiger partial charge in [0.25, 0.3) is 0 Å². The van der Waals surface area contributed by atoms with E-state index in [-0.39, 0.29) is 5.91 Å². The molecule has 1 atom stereocenters. The Kier molecular flexibility index (Phi) is 3.24. The molecule has 1 aromatic heterocycles. The van der Waals surface area contributed by atoms with Crippen molar-refractivity contribution in [3.63, 3.8) is 0 Å². The fraction of sp³-hybridized carbons (Fsp3) is 0.556. The maximum Gasteiger partial charge on any atom is 0.242 e. The molecule has 0 aliphatic heterocycles. The van der Waals surface area contributed by atoms with Crippen molar-refractivity contribution in [1.29, 1.82) is 0 Å². The number of anilines is 1. The van der Waals surface area contributed by atoms with Crippen LogP contribution in [0.5, 0.6) is 0 Å². The molecule has 1 unspecified atom stereocenters. The van der Waals surface area contributed by atoms with Crippen LogP contribution in [0.2, 0.25) is 0 Å². The zero-order valence-electron chi connectivity index (χ0n) is 8.74. The Balaban J connectivity index is 2.69. The van der Waals surface area contributed by atoms with Crippen LogP contribution in [-0.2, 0) is 11.8 Å². The largest absolute Gasteiger partial charge is 0.320 e. The van der Waals surface area contributed by atoms with E-state index in [2.05, 4.69) is 10.4 Å². The maximum atomic E-state index is 11.4. The topological polar surface area (TPSA) is 72.9 Å². The summed E-state index contributed by atoms with van der Waals surface area (Å²) in [4.78, 5) is 11.4. The van der Waals surface area contributed by atoms with Crippen LogP contribution >= 0.6 is 0 Å². The van der Waals surface area contributed by atoms with Crippen LogP contribution in [0, 0.1) is 6.92 Å². The maximum absolute atomic E-state index is 11.4. The minimum absolute atomic E-state index is 0.171. The third-order valence-electron chi connectivity index (χ3n) is 2.03.